The zero-order valence-corrected chi connectivity index (χ0v) is 13.1. The first kappa shape index (κ1) is 16.2. The van der Waals surface area contributed by atoms with E-state index in [0.717, 1.165) is 12.8 Å². The van der Waals surface area contributed by atoms with Crippen LogP contribution in [-0.4, -0.2) is 50.1 Å². The molecular formula is C12H26N4O2S. The number of guanidine groups is 1. The summed E-state index contributed by atoms with van der Waals surface area (Å²) >= 11 is 0. The van der Waals surface area contributed by atoms with Gasteiger partial charge in [-0.3, -0.25) is 4.99 Å². The number of piperidine rings is 1. The zero-order valence-electron chi connectivity index (χ0n) is 12.3. The van der Waals surface area contributed by atoms with Gasteiger partial charge in [-0.05, 0) is 39.5 Å². The third kappa shape index (κ3) is 6.24. The molecule has 112 valence electrons. The molecule has 1 saturated heterocycles. The van der Waals surface area contributed by atoms with Gasteiger partial charge in [-0.2, -0.15) is 0 Å². The van der Waals surface area contributed by atoms with E-state index in [1.807, 2.05) is 20.8 Å². The monoisotopic (exact) mass is 290 g/mol. The van der Waals surface area contributed by atoms with E-state index < -0.39 is 10.0 Å². The standard InChI is InChI=1S/C12H26N4O2S/c1-12(2,3)15-11(13)14-9-10-5-7-16(8-6-10)19(4,17)18/h10H,5-9H2,1-4H3,(H3,13,14,15). The molecule has 0 atom stereocenters. The zero-order chi connectivity index (χ0) is 14.7. The minimum absolute atomic E-state index is 0.0900. The van der Waals surface area contributed by atoms with Crippen molar-refractivity contribution in [3.05, 3.63) is 0 Å². The Morgan fingerprint density at radius 3 is 2.32 bits per heavy atom. The lowest BCUT2D eigenvalue weighted by Crippen LogP contribution is -2.45. The Labute approximate surface area is 116 Å². The maximum atomic E-state index is 11.4. The largest absolute Gasteiger partial charge is 0.370 e. The number of hydrogen-bond acceptors (Lipinski definition) is 3. The van der Waals surface area contributed by atoms with Crippen molar-refractivity contribution in [3.63, 3.8) is 0 Å². The lowest BCUT2D eigenvalue weighted by atomic mass is 9.98. The number of hydrogen-bond donors (Lipinski definition) is 2. The van der Waals surface area contributed by atoms with Crippen LogP contribution in [0.25, 0.3) is 0 Å². The minimum atomic E-state index is -3.04. The smallest absolute Gasteiger partial charge is 0.211 e. The fourth-order valence-electron chi connectivity index (χ4n) is 2.07. The molecular weight excluding hydrogens is 264 g/mol. The predicted molar refractivity (Wildman–Crippen MR) is 78.5 cm³/mol. The van der Waals surface area contributed by atoms with Crippen LogP contribution >= 0.6 is 0 Å². The van der Waals surface area contributed by atoms with Gasteiger partial charge in [0.25, 0.3) is 0 Å². The van der Waals surface area contributed by atoms with Crippen molar-refractivity contribution in [2.24, 2.45) is 16.6 Å². The molecule has 0 aliphatic carbocycles. The summed E-state index contributed by atoms with van der Waals surface area (Å²) in [6.45, 7) is 7.92. The van der Waals surface area contributed by atoms with Crippen molar-refractivity contribution in [2.45, 2.75) is 39.2 Å². The second kappa shape index (κ2) is 6.09. The average molecular weight is 290 g/mol. The van der Waals surface area contributed by atoms with E-state index in [1.165, 1.54) is 10.6 Å². The number of nitrogens with two attached hydrogens (primary N) is 1. The van der Waals surface area contributed by atoms with Crippen molar-refractivity contribution < 1.29 is 8.42 Å². The Morgan fingerprint density at radius 2 is 1.89 bits per heavy atom. The summed E-state index contributed by atoms with van der Waals surface area (Å²) in [4.78, 5) is 4.34. The van der Waals surface area contributed by atoms with Gasteiger partial charge in [0.1, 0.15) is 0 Å². The van der Waals surface area contributed by atoms with E-state index >= 15 is 0 Å². The molecule has 7 heteroatoms. The molecule has 19 heavy (non-hydrogen) atoms. The van der Waals surface area contributed by atoms with Gasteiger partial charge in [-0.15, -0.1) is 0 Å². The molecule has 0 amide bonds. The van der Waals surface area contributed by atoms with Crippen LogP contribution in [0, 0.1) is 5.92 Å². The van der Waals surface area contributed by atoms with Gasteiger partial charge in [-0.1, -0.05) is 0 Å². The number of nitrogens with one attached hydrogen (secondary N) is 1. The van der Waals surface area contributed by atoms with Crippen LogP contribution in [0.4, 0.5) is 0 Å². The summed E-state index contributed by atoms with van der Waals surface area (Å²) in [5.74, 6) is 0.872. The highest BCUT2D eigenvalue weighted by Crippen LogP contribution is 2.19. The predicted octanol–water partition coefficient (Wildman–Crippen LogP) is 0.361. The summed E-state index contributed by atoms with van der Waals surface area (Å²) in [6.07, 6.45) is 2.95. The molecule has 0 aromatic heterocycles. The Morgan fingerprint density at radius 1 is 1.37 bits per heavy atom. The Hall–Kier alpha value is -0.820. The number of sulfonamides is 1. The highest BCUT2D eigenvalue weighted by atomic mass is 32.2. The van der Waals surface area contributed by atoms with Crippen LogP contribution in [0.5, 0.6) is 0 Å². The molecule has 0 bridgehead atoms. The van der Waals surface area contributed by atoms with Gasteiger partial charge >= 0.3 is 0 Å². The van der Waals surface area contributed by atoms with Gasteiger partial charge in [0.15, 0.2) is 5.96 Å². The summed E-state index contributed by atoms with van der Waals surface area (Å²) in [5, 5.41) is 3.11. The minimum Gasteiger partial charge on any atom is -0.370 e. The van der Waals surface area contributed by atoms with Gasteiger partial charge in [0.05, 0.1) is 6.26 Å². The molecule has 1 aliphatic heterocycles. The molecule has 6 nitrogen and oxygen atoms in total. The third-order valence-electron chi connectivity index (χ3n) is 3.07. The highest BCUT2D eigenvalue weighted by Gasteiger charge is 2.24. The SMILES string of the molecule is CC(C)(C)NC(N)=NCC1CCN(S(C)(=O)=O)CC1. The van der Waals surface area contributed by atoms with Crippen molar-refractivity contribution in [2.75, 3.05) is 25.9 Å². The van der Waals surface area contributed by atoms with E-state index in [9.17, 15) is 8.42 Å². The van der Waals surface area contributed by atoms with Crippen LogP contribution < -0.4 is 11.1 Å². The summed E-state index contributed by atoms with van der Waals surface area (Å²) < 4.78 is 24.3. The highest BCUT2D eigenvalue weighted by molar-refractivity contribution is 7.88. The van der Waals surface area contributed by atoms with E-state index in [-0.39, 0.29) is 5.54 Å². The average Bonchev–Trinajstić information content (AvgIpc) is 2.23. The first-order valence-electron chi connectivity index (χ1n) is 6.61. The molecule has 0 spiro atoms. The maximum absolute atomic E-state index is 11.4. The fraction of sp³-hybridized carbons (Fsp3) is 0.917. The Bertz CT molecular complexity index is 418. The number of aliphatic imine (C=N–C) groups is 1. The molecule has 1 aliphatic rings. The van der Waals surface area contributed by atoms with E-state index in [4.69, 9.17) is 5.73 Å². The van der Waals surface area contributed by atoms with Crippen molar-refractivity contribution in [3.8, 4) is 0 Å². The molecule has 1 fully saturated rings. The second-order valence-corrected chi connectivity index (χ2v) is 8.19. The Kier molecular flexibility index (Phi) is 5.20. The molecule has 3 N–H and O–H groups in total. The van der Waals surface area contributed by atoms with E-state index in [2.05, 4.69) is 10.3 Å². The van der Waals surface area contributed by atoms with Crippen molar-refractivity contribution in [1.82, 2.24) is 9.62 Å². The van der Waals surface area contributed by atoms with E-state index in [1.54, 1.807) is 0 Å². The molecule has 1 rings (SSSR count). The number of rotatable bonds is 3. The van der Waals surface area contributed by atoms with Gasteiger partial charge < -0.3 is 11.1 Å². The molecule has 0 radical (unpaired) electrons. The fourth-order valence-corrected chi connectivity index (χ4v) is 2.95. The summed E-state index contributed by atoms with van der Waals surface area (Å²) in [6, 6.07) is 0. The van der Waals surface area contributed by atoms with Gasteiger partial charge in [0, 0.05) is 25.2 Å². The lowest BCUT2D eigenvalue weighted by molar-refractivity contribution is 0.280. The Balaban J connectivity index is 2.40. The van der Waals surface area contributed by atoms with Crippen LogP contribution in [0.2, 0.25) is 0 Å². The van der Waals surface area contributed by atoms with Crippen LogP contribution in [0.15, 0.2) is 4.99 Å². The lowest BCUT2D eigenvalue weighted by Gasteiger charge is -2.29. The topological polar surface area (TPSA) is 87.8 Å². The van der Waals surface area contributed by atoms with E-state index in [0.29, 0.717) is 31.5 Å². The van der Waals surface area contributed by atoms with Crippen LogP contribution in [0.3, 0.4) is 0 Å². The van der Waals surface area contributed by atoms with Crippen LogP contribution in [0.1, 0.15) is 33.6 Å². The summed E-state index contributed by atoms with van der Waals surface area (Å²) in [7, 11) is -3.04. The normalized spacial score (nSPS) is 20.5. The van der Waals surface area contributed by atoms with Crippen LogP contribution in [-0.2, 0) is 10.0 Å². The first-order chi connectivity index (χ1) is 8.58. The van der Waals surface area contributed by atoms with Crippen molar-refractivity contribution in [1.29, 1.82) is 0 Å². The molecule has 0 aromatic carbocycles. The molecule has 0 unspecified atom stereocenters. The maximum Gasteiger partial charge on any atom is 0.211 e. The molecule has 0 saturated carbocycles. The van der Waals surface area contributed by atoms with Gasteiger partial charge in [0.2, 0.25) is 10.0 Å². The van der Waals surface area contributed by atoms with Gasteiger partial charge in [-0.25, -0.2) is 12.7 Å². The quantitative estimate of drug-likeness (QED) is 0.580. The second-order valence-electron chi connectivity index (χ2n) is 6.21. The first-order valence-corrected chi connectivity index (χ1v) is 8.46. The summed E-state index contributed by atoms with van der Waals surface area (Å²) in [5.41, 5.74) is 5.72. The van der Waals surface area contributed by atoms with Crippen molar-refractivity contribution >= 4 is 16.0 Å². The molecule has 0 aromatic rings. The number of nitrogens with zero attached hydrogens (tertiary/aromatic N) is 2. The third-order valence-corrected chi connectivity index (χ3v) is 4.37. The molecule has 1 heterocycles.